The van der Waals surface area contributed by atoms with Crippen LogP contribution in [0.2, 0.25) is 0 Å². The normalized spacial score (nSPS) is 0.750. The third kappa shape index (κ3) is 8.82. The van der Waals surface area contributed by atoms with Gasteiger partial charge in [0.15, 0.2) is 0 Å². The number of hydrogen-bond acceptors (Lipinski definition) is 1. The molecule has 4 heavy (non-hydrogen) atoms. The summed E-state index contributed by atoms with van der Waals surface area (Å²) in [6, 6.07) is 0. The molecule has 0 heterocycles. The Morgan fingerprint density at radius 1 is 1.25 bits per heavy atom. The first-order valence-corrected chi connectivity index (χ1v) is 1.49. The van der Waals surface area contributed by atoms with Crippen molar-refractivity contribution in [2.24, 2.45) is 0 Å². The van der Waals surface area contributed by atoms with E-state index >= 15 is 0 Å². The van der Waals surface area contributed by atoms with Crippen molar-refractivity contribution in [2.75, 3.05) is 0 Å². The summed E-state index contributed by atoms with van der Waals surface area (Å²) in [5.41, 5.74) is 0. The molecule has 21 valence electrons. The summed E-state index contributed by atoms with van der Waals surface area (Å²) in [4.78, 5) is 0. The third-order valence-electron chi connectivity index (χ3n) is 0. The number of rotatable bonds is 0. The van der Waals surface area contributed by atoms with Gasteiger partial charge in [-0.3, -0.25) is 0 Å². The second kappa shape index (κ2) is 17.4. The van der Waals surface area contributed by atoms with Crippen LogP contribution in [0.5, 0.6) is 0 Å². The summed E-state index contributed by atoms with van der Waals surface area (Å²) in [5, 5.41) is 0. The molecule has 0 saturated carbocycles. The zero-order valence-electron chi connectivity index (χ0n) is 1.89. The first-order valence-electron chi connectivity index (χ1n) is 0.204. The van der Waals surface area contributed by atoms with Crippen LogP contribution in [0.1, 0.15) is 0 Å². The Kier molecular flexibility index (Phi) is 69.2. The molecule has 0 aliphatic carbocycles. The van der Waals surface area contributed by atoms with Gasteiger partial charge in [-0.15, -0.1) is 12.4 Å². The molecule has 0 rings (SSSR count). The van der Waals surface area contributed by atoms with Gasteiger partial charge in [-0.1, -0.05) is 0 Å². The number of hydrogen-bond donors (Lipinski definition) is 0. The van der Waals surface area contributed by atoms with E-state index in [0.717, 1.165) is 0 Å². The Morgan fingerprint density at radius 2 is 1.25 bits per heavy atom. The SMILES string of the molecule is Cl.[La].[O]=[Ce]. The van der Waals surface area contributed by atoms with Crippen LogP contribution in [-0.4, -0.2) is 0 Å². The summed E-state index contributed by atoms with van der Waals surface area (Å²) >= 11 is 0.0556. The van der Waals surface area contributed by atoms with Gasteiger partial charge in [0.25, 0.3) is 0 Å². The maximum atomic E-state index is 8.39. The van der Waals surface area contributed by atoms with Gasteiger partial charge in [0.05, 0.1) is 0 Å². The Balaban J connectivity index is -0.00000000500. The monoisotopic (exact) mass is 331 g/mol. The summed E-state index contributed by atoms with van der Waals surface area (Å²) in [6.45, 7) is 0. The third-order valence-corrected chi connectivity index (χ3v) is 0. The van der Waals surface area contributed by atoms with Gasteiger partial charge < -0.3 is 0 Å². The van der Waals surface area contributed by atoms with Crippen LogP contribution in [0.15, 0.2) is 0 Å². The second-order valence-corrected chi connectivity index (χ2v) is 0. The fourth-order valence-electron chi connectivity index (χ4n) is 0. The Labute approximate surface area is 86.5 Å². The minimum atomic E-state index is 0. The summed E-state index contributed by atoms with van der Waals surface area (Å²) in [5.74, 6) is 0. The average molecular weight is 331 g/mol. The molecule has 4 heteroatoms. The summed E-state index contributed by atoms with van der Waals surface area (Å²) in [6.07, 6.45) is 0. The van der Waals surface area contributed by atoms with Crippen LogP contribution >= 0.6 is 12.4 Å². The van der Waals surface area contributed by atoms with Gasteiger partial charge in [-0.25, -0.2) is 0 Å². The van der Waals surface area contributed by atoms with E-state index in [-0.39, 0.29) is 87.8 Å². The van der Waals surface area contributed by atoms with Gasteiger partial charge in [-0.05, 0) is 0 Å². The predicted molar refractivity (Wildman–Crippen MR) is 7.93 cm³/mol. The van der Waals surface area contributed by atoms with E-state index in [1.54, 1.807) is 0 Å². The van der Waals surface area contributed by atoms with Gasteiger partial charge >= 0.3 is 40.7 Å². The fourth-order valence-corrected chi connectivity index (χ4v) is 0. The van der Waals surface area contributed by atoms with Crippen LogP contribution in [0.3, 0.4) is 0 Å². The zero-order valence-corrected chi connectivity index (χ0v) is 9.48. The van der Waals surface area contributed by atoms with Crippen molar-refractivity contribution < 1.29 is 76.3 Å². The van der Waals surface area contributed by atoms with E-state index in [1.165, 1.54) is 0 Å². The van der Waals surface area contributed by atoms with E-state index in [1.807, 2.05) is 0 Å². The zero-order chi connectivity index (χ0) is 2.00. The molecule has 0 spiro atoms. The van der Waals surface area contributed by atoms with Crippen molar-refractivity contribution in [3.05, 3.63) is 0 Å². The van der Waals surface area contributed by atoms with Crippen molar-refractivity contribution in [2.45, 2.75) is 0 Å². The van der Waals surface area contributed by atoms with E-state index < -0.39 is 0 Å². The van der Waals surface area contributed by atoms with Gasteiger partial charge in [0, 0.05) is 35.6 Å². The second-order valence-electron chi connectivity index (χ2n) is 0. The van der Waals surface area contributed by atoms with Gasteiger partial charge in [-0.2, -0.15) is 0 Å². The fraction of sp³-hybridized carbons (Fsp3) is 0. The topological polar surface area (TPSA) is 17.1 Å². The molecule has 0 aromatic heterocycles. The molecular weight excluding hydrogens is 330 g/mol. The van der Waals surface area contributed by atoms with Crippen molar-refractivity contribution in [1.82, 2.24) is 0 Å². The van der Waals surface area contributed by atoms with Crippen LogP contribution in [0.25, 0.3) is 0 Å². The quantitative estimate of drug-likeness (QED) is 0.624. The Bertz CT molecular complexity index is 8.00. The van der Waals surface area contributed by atoms with Crippen molar-refractivity contribution in [3.63, 3.8) is 0 Å². The molecule has 0 aromatic carbocycles. The Hall–Kier alpha value is 2.66. The first-order chi connectivity index (χ1) is 1.00. The van der Waals surface area contributed by atoms with Crippen LogP contribution in [0.4, 0.5) is 0 Å². The molecule has 0 aromatic rings. The van der Waals surface area contributed by atoms with E-state index in [0.29, 0.717) is 0 Å². The van der Waals surface area contributed by atoms with Crippen LogP contribution < -0.4 is 0 Å². The molecule has 0 aliphatic rings. The molecule has 0 atom stereocenters. The molecule has 0 bridgehead atoms. The maximum absolute atomic E-state index is 8.39. The van der Waals surface area contributed by atoms with Gasteiger partial charge in [0.2, 0.25) is 0 Å². The van der Waals surface area contributed by atoms with E-state index in [9.17, 15) is 0 Å². The Morgan fingerprint density at radius 3 is 1.25 bits per heavy atom. The molecule has 0 amide bonds. The molecule has 0 unspecified atom stereocenters. The molecule has 0 fully saturated rings. The molecule has 0 aliphatic heterocycles. The summed E-state index contributed by atoms with van der Waals surface area (Å²) in [7, 11) is 0. The van der Waals surface area contributed by atoms with Crippen LogP contribution in [-0.2, 0) is 0.938 Å². The molecule has 1 radical (unpaired) electrons. The van der Waals surface area contributed by atoms with Crippen molar-refractivity contribution >= 4 is 12.4 Å². The standard InChI is InChI=1S/Ce.ClH.La.O/h;1H;;. The average Bonchev–Trinajstić information content (AvgIpc) is 1.00. The van der Waals surface area contributed by atoms with Crippen molar-refractivity contribution in [1.29, 1.82) is 0 Å². The molecule has 1 nitrogen and oxygen atoms in total. The molecular formula is HCeClLaO. The molecule has 0 N–H and O–H groups in total. The van der Waals surface area contributed by atoms with Crippen molar-refractivity contribution in [3.8, 4) is 0 Å². The van der Waals surface area contributed by atoms with E-state index in [2.05, 4.69) is 0 Å². The van der Waals surface area contributed by atoms with E-state index in [4.69, 9.17) is 0.938 Å². The number of halogens is 1. The minimum absolute atomic E-state index is 0. The predicted octanol–water partition coefficient (Wildman–Crippen LogP) is 0.303. The summed E-state index contributed by atoms with van der Waals surface area (Å²) < 4.78 is 8.39. The van der Waals surface area contributed by atoms with Gasteiger partial charge in [0.1, 0.15) is 0 Å². The molecule has 0 saturated heterocycles. The first kappa shape index (κ1) is 15.9. The van der Waals surface area contributed by atoms with Crippen LogP contribution in [0, 0.1) is 75.4 Å².